The van der Waals surface area contributed by atoms with Gasteiger partial charge in [-0.2, -0.15) is 0 Å². The van der Waals surface area contributed by atoms with Gasteiger partial charge in [0.1, 0.15) is 10.6 Å². The molecule has 0 unspecified atom stereocenters. The molecule has 34 heavy (non-hydrogen) atoms. The molecule has 2 amide bonds. The van der Waals surface area contributed by atoms with Crippen LogP contribution in [0.4, 0.5) is 11.4 Å². The zero-order valence-corrected chi connectivity index (χ0v) is 21.4. The van der Waals surface area contributed by atoms with Gasteiger partial charge in [-0.1, -0.05) is 30.0 Å². The number of anilines is 2. The first kappa shape index (κ1) is 24.0. The summed E-state index contributed by atoms with van der Waals surface area (Å²) in [7, 11) is 0. The number of carbonyl (C=O) groups excluding carboxylic acids is 3. The summed E-state index contributed by atoms with van der Waals surface area (Å²) in [6, 6.07) is 23.2. The highest BCUT2D eigenvalue weighted by Gasteiger charge is 2.40. The topological polar surface area (TPSA) is 75.7 Å². The summed E-state index contributed by atoms with van der Waals surface area (Å²) in [6.07, 6.45) is -0.245. The van der Waals surface area contributed by atoms with Crippen LogP contribution in [0.5, 0.6) is 0 Å². The molecule has 1 N–H and O–H groups in total. The van der Waals surface area contributed by atoms with Gasteiger partial charge in [-0.25, -0.2) is 9.69 Å². The van der Waals surface area contributed by atoms with Crippen molar-refractivity contribution in [3.05, 3.63) is 98.6 Å². The first-order valence-electron chi connectivity index (χ1n) is 10.5. The summed E-state index contributed by atoms with van der Waals surface area (Å²) in [5.41, 5.74) is 1.64. The van der Waals surface area contributed by atoms with Gasteiger partial charge < -0.3 is 10.1 Å². The Kier molecular flexibility index (Phi) is 7.38. The van der Waals surface area contributed by atoms with Crippen molar-refractivity contribution >= 4 is 63.5 Å². The Morgan fingerprint density at radius 2 is 1.56 bits per heavy atom. The summed E-state index contributed by atoms with van der Waals surface area (Å²) in [5, 5.41) is 3.14. The predicted octanol–water partition coefficient (Wildman–Crippen LogP) is 5.85. The largest absolute Gasteiger partial charge is 0.459 e. The van der Waals surface area contributed by atoms with Crippen LogP contribution in [0, 0.1) is 3.57 Å². The number of amides is 2. The monoisotopic (exact) mass is 584 g/mol. The molecule has 0 bridgehead atoms. The van der Waals surface area contributed by atoms with E-state index in [9.17, 15) is 14.4 Å². The van der Waals surface area contributed by atoms with E-state index in [1.807, 2.05) is 54.6 Å². The molecule has 1 aliphatic heterocycles. The highest BCUT2D eigenvalue weighted by atomic mass is 127. The fourth-order valence-electron chi connectivity index (χ4n) is 3.26. The first-order valence-corrected chi connectivity index (χ1v) is 12.4. The van der Waals surface area contributed by atoms with Crippen LogP contribution in [0.1, 0.15) is 24.2 Å². The van der Waals surface area contributed by atoms with Crippen LogP contribution in [-0.4, -0.2) is 23.9 Å². The summed E-state index contributed by atoms with van der Waals surface area (Å²) in [6.45, 7) is 3.54. The first-order chi connectivity index (χ1) is 16.3. The summed E-state index contributed by atoms with van der Waals surface area (Å²) >= 11 is 3.44. The van der Waals surface area contributed by atoms with Crippen LogP contribution in [0.3, 0.4) is 0 Å². The second kappa shape index (κ2) is 10.4. The maximum Gasteiger partial charge on any atom is 0.338 e. The number of hydrogen-bond acceptors (Lipinski definition) is 6. The number of imide groups is 1. The van der Waals surface area contributed by atoms with Crippen LogP contribution < -0.4 is 10.2 Å². The molecule has 0 aromatic heterocycles. The molecule has 1 heterocycles. The number of nitrogens with one attached hydrogen (secondary N) is 1. The van der Waals surface area contributed by atoms with Gasteiger partial charge in [-0.15, -0.1) is 0 Å². The molecular formula is C26H21IN2O4S. The minimum Gasteiger partial charge on any atom is -0.459 e. The number of nitrogens with zero attached hydrogens (tertiary/aromatic N) is 1. The van der Waals surface area contributed by atoms with Crippen molar-refractivity contribution in [3.8, 4) is 0 Å². The van der Waals surface area contributed by atoms with Crippen molar-refractivity contribution in [2.75, 3.05) is 10.2 Å². The Hall–Kier alpha value is -3.11. The molecule has 6 nitrogen and oxygen atoms in total. The van der Waals surface area contributed by atoms with Gasteiger partial charge in [0.05, 0.1) is 17.4 Å². The van der Waals surface area contributed by atoms with Crippen LogP contribution >= 0.6 is 34.4 Å². The van der Waals surface area contributed by atoms with Gasteiger partial charge in [0.15, 0.2) is 0 Å². The maximum atomic E-state index is 13.4. The van der Waals surface area contributed by atoms with E-state index in [2.05, 4.69) is 27.9 Å². The van der Waals surface area contributed by atoms with E-state index < -0.39 is 17.8 Å². The minimum absolute atomic E-state index is 0.211. The summed E-state index contributed by atoms with van der Waals surface area (Å²) in [4.78, 5) is 41.3. The lowest BCUT2D eigenvalue weighted by atomic mass is 10.2. The van der Waals surface area contributed by atoms with Gasteiger partial charge in [-0.05, 0) is 97.1 Å². The van der Waals surface area contributed by atoms with Crippen molar-refractivity contribution in [2.45, 2.75) is 24.8 Å². The van der Waals surface area contributed by atoms with E-state index in [0.29, 0.717) is 21.8 Å². The molecule has 0 saturated carbocycles. The van der Waals surface area contributed by atoms with E-state index in [4.69, 9.17) is 4.74 Å². The molecule has 4 rings (SSSR count). The van der Waals surface area contributed by atoms with E-state index in [1.54, 1.807) is 38.1 Å². The maximum absolute atomic E-state index is 13.4. The van der Waals surface area contributed by atoms with Crippen molar-refractivity contribution in [1.29, 1.82) is 0 Å². The van der Waals surface area contributed by atoms with Crippen molar-refractivity contribution in [2.24, 2.45) is 0 Å². The van der Waals surface area contributed by atoms with Crippen LogP contribution in [-0.2, 0) is 14.3 Å². The smallest absolute Gasteiger partial charge is 0.338 e. The number of halogens is 1. The normalized spacial score (nSPS) is 13.6. The molecule has 0 radical (unpaired) electrons. The zero-order chi connectivity index (χ0) is 24.2. The standard InChI is InChI=1S/C26H21IN2O4S/c1-16(2)33-26(32)17-8-14-20(15-9-17)29-24(30)22(28-19-12-10-18(27)11-13-19)23(25(29)31)34-21-6-4-3-5-7-21/h3-16,28H,1-2H3. The summed E-state index contributed by atoms with van der Waals surface area (Å²) in [5.74, 6) is -1.34. The molecular weight excluding hydrogens is 563 g/mol. The van der Waals surface area contributed by atoms with E-state index in [-0.39, 0.29) is 11.8 Å². The Morgan fingerprint density at radius 3 is 2.18 bits per heavy atom. The zero-order valence-electron chi connectivity index (χ0n) is 18.4. The lowest BCUT2D eigenvalue weighted by Crippen LogP contribution is -2.32. The molecule has 3 aromatic rings. The van der Waals surface area contributed by atoms with Crippen molar-refractivity contribution in [1.82, 2.24) is 0 Å². The molecule has 172 valence electrons. The SMILES string of the molecule is CC(C)OC(=O)c1ccc(N2C(=O)C(Nc3ccc(I)cc3)=C(Sc3ccccc3)C2=O)cc1. The van der Waals surface area contributed by atoms with E-state index in [0.717, 1.165) is 13.4 Å². The number of carbonyl (C=O) groups is 3. The predicted molar refractivity (Wildman–Crippen MR) is 142 cm³/mol. The fraction of sp³-hybridized carbons (Fsp3) is 0.115. The second-order valence-electron chi connectivity index (χ2n) is 7.70. The summed E-state index contributed by atoms with van der Waals surface area (Å²) < 4.78 is 6.27. The lowest BCUT2D eigenvalue weighted by molar-refractivity contribution is -0.120. The second-order valence-corrected chi connectivity index (χ2v) is 10.0. The van der Waals surface area contributed by atoms with Gasteiger partial charge in [0, 0.05) is 14.2 Å². The van der Waals surface area contributed by atoms with Gasteiger partial charge >= 0.3 is 5.97 Å². The van der Waals surface area contributed by atoms with E-state index in [1.165, 1.54) is 11.8 Å². The average molecular weight is 584 g/mol. The van der Waals surface area contributed by atoms with Crippen molar-refractivity contribution in [3.63, 3.8) is 0 Å². The lowest BCUT2D eigenvalue weighted by Gasteiger charge is -2.16. The fourth-order valence-corrected chi connectivity index (χ4v) is 4.57. The molecule has 0 fully saturated rings. The molecule has 8 heteroatoms. The third-order valence-corrected chi connectivity index (χ3v) is 6.63. The number of rotatable bonds is 7. The molecule has 0 aliphatic carbocycles. The number of benzene rings is 3. The average Bonchev–Trinajstić information content (AvgIpc) is 3.04. The Labute approximate surface area is 215 Å². The minimum atomic E-state index is -0.459. The quantitative estimate of drug-likeness (QED) is 0.214. The molecule has 0 atom stereocenters. The highest BCUT2D eigenvalue weighted by molar-refractivity contribution is 14.1. The Morgan fingerprint density at radius 1 is 0.912 bits per heavy atom. The molecule has 1 aliphatic rings. The number of esters is 1. The van der Waals surface area contributed by atoms with Crippen LogP contribution in [0.15, 0.2) is 94.4 Å². The Bertz CT molecular complexity index is 1260. The van der Waals surface area contributed by atoms with Gasteiger partial charge in [0.25, 0.3) is 11.8 Å². The highest BCUT2D eigenvalue weighted by Crippen LogP contribution is 2.37. The number of thioether (sulfide) groups is 1. The van der Waals surface area contributed by atoms with Crippen LogP contribution in [0.25, 0.3) is 0 Å². The van der Waals surface area contributed by atoms with Gasteiger partial charge in [0.2, 0.25) is 0 Å². The number of hydrogen-bond donors (Lipinski definition) is 1. The Balaban J connectivity index is 1.66. The molecule has 0 spiro atoms. The van der Waals surface area contributed by atoms with Crippen LogP contribution in [0.2, 0.25) is 0 Å². The molecule has 0 saturated heterocycles. The van der Waals surface area contributed by atoms with E-state index >= 15 is 0 Å². The van der Waals surface area contributed by atoms with Crippen molar-refractivity contribution < 1.29 is 19.1 Å². The third-order valence-electron chi connectivity index (χ3n) is 4.82. The third kappa shape index (κ3) is 5.34. The van der Waals surface area contributed by atoms with Gasteiger partial charge in [-0.3, -0.25) is 9.59 Å². The molecule has 3 aromatic carbocycles. The number of ether oxygens (including phenoxy) is 1.